The van der Waals surface area contributed by atoms with Gasteiger partial charge in [0.15, 0.2) is 5.96 Å². The molecule has 1 amide bonds. The molecule has 0 bridgehead atoms. The number of unbranched alkanes of at least 4 members (excludes halogenated alkanes) is 1. The van der Waals surface area contributed by atoms with Crippen molar-refractivity contribution in [3.63, 3.8) is 0 Å². The fourth-order valence-corrected chi connectivity index (χ4v) is 3.26. The number of pyridine rings is 1. The minimum atomic E-state index is 0. The van der Waals surface area contributed by atoms with Crippen molar-refractivity contribution >= 4 is 41.5 Å². The first-order valence-electron chi connectivity index (χ1n) is 9.48. The molecule has 0 unspecified atom stereocenters. The number of nitrogens with one attached hydrogen (secondary N) is 1. The molecular formula is C19H28IN7O2. The van der Waals surface area contributed by atoms with E-state index < -0.39 is 0 Å². The van der Waals surface area contributed by atoms with Crippen LogP contribution in [0.5, 0.6) is 0 Å². The highest BCUT2D eigenvalue weighted by Crippen LogP contribution is 2.16. The molecule has 0 aromatic carbocycles. The predicted molar refractivity (Wildman–Crippen MR) is 124 cm³/mol. The number of aryl methyl sites for hydroxylation is 2. The Hall–Kier alpha value is -2.37. The molecule has 0 radical (unpaired) electrons. The van der Waals surface area contributed by atoms with E-state index in [-0.39, 0.29) is 42.0 Å². The van der Waals surface area contributed by atoms with E-state index in [0.717, 1.165) is 31.0 Å². The zero-order valence-electron chi connectivity index (χ0n) is 16.8. The predicted octanol–water partition coefficient (Wildman–Crippen LogP) is 0.904. The summed E-state index contributed by atoms with van der Waals surface area (Å²) < 4.78 is 3.41. The summed E-state index contributed by atoms with van der Waals surface area (Å²) in [6, 6.07) is 5.19. The van der Waals surface area contributed by atoms with Crippen molar-refractivity contribution in [2.24, 2.45) is 12.0 Å². The molecule has 0 aliphatic carbocycles. The molecule has 2 aromatic heterocycles. The molecule has 3 rings (SSSR count). The van der Waals surface area contributed by atoms with Gasteiger partial charge in [-0.05, 0) is 18.9 Å². The summed E-state index contributed by atoms with van der Waals surface area (Å²) >= 11 is 0. The van der Waals surface area contributed by atoms with Crippen molar-refractivity contribution in [2.75, 3.05) is 38.1 Å². The third-order valence-corrected chi connectivity index (χ3v) is 4.74. The molecule has 1 aliphatic heterocycles. The number of rotatable bonds is 6. The van der Waals surface area contributed by atoms with E-state index in [4.69, 9.17) is 0 Å². The Bertz CT molecular complexity index is 892. The number of hydrogen-bond acceptors (Lipinski definition) is 4. The molecule has 1 fully saturated rings. The van der Waals surface area contributed by atoms with Crippen LogP contribution < -0.4 is 15.8 Å². The van der Waals surface area contributed by atoms with E-state index in [9.17, 15) is 9.59 Å². The topological polar surface area (TPSA) is 87.8 Å². The molecular weight excluding hydrogens is 485 g/mol. The van der Waals surface area contributed by atoms with Crippen LogP contribution in [0.3, 0.4) is 0 Å². The van der Waals surface area contributed by atoms with Gasteiger partial charge >= 0.3 is 0 Å². The van der Waals surface area contributed by atoms with E-state index >= 15 is 0 Å². The van der Waals surface area contributed by atoms with Crippen molar-refractivity contribution in [3.05, 3.63) is 47.1 Å². The quantitative estimate of drug-likeness (QED) is 0.269. The molecule has 1 N–H and O–H groups in total. The molecule has 0 spiro atoms. The summed E-state index contributed by atoms with van der Waals surface area (Å²) in [5, 5.41) is 7.45. The van der Waals surface area contributed by atoms with Gasteiger partial charge in [-0.1, -0.05) is 6.07 Å². The standard InChI is InChI=1S/C19H27N7O2.HI/c1-20-19(21-8-4-6-10-24-9-5-3-7-17(24)27)25-11-12-26(18(28)15-25)16-13-22-23(2)14-16;/h3,5,7,9,13-14H,4,6,8,10-12,15H2,1-2H3,(H,20,21);1H. The Morgan fingerprint density at radius 2 is 2.07 bits per heavy atom. The third-order valence-electron chi connectivity index (χ3n) is 4.74. The van der Waals surface area contributed by atoms with Crippen LogP contribution in [0.2, 0.25) is 0 Å². The van der Waals surface area contributed by atoms with Gasteiger partial charge in [0.25, 0.3) is 0 Å². The van der Waals surface area contributed by atoms with Gasteiger partial charge in [-0.25, -0.2) is 0 Å². The van der Waals surface area contributed by atoms with Gasteiger partial charge in [0.2, 0.25) is 11.5 Å². The van der Waals surface area contributed by atoms with Crippen molar-refractivity contribution in [1.82, 2.24) is 24.6 Å². The smallest absolute Gasteiger partial charge is 0.250 e. The lowest BCUT2D eigenvalue weighted by Crippen LogP contribution is -2.55. The summed E-state index contributed by atoms with van der Waals surface area (Å²) in [4.78, 5) is 32.3. The summed E-state index contributed by atoms with van der Waals surface area (Å²) in [6.07, 6.45) is 7.16. The van der Waals surface area contributed by atoms with Crippen LogP contribution in [0.25, 0.3) is 0 Å². The van der Waals surface area contributed by atoms with Crippen LogP contribution >= 0.6 is 24.0 Å². The van der Waals surface area contributed by atoms with E-state index in [1.54, 1.807) is 39.5 Å². The van der Waals surface area contributed by atoms with Crippen LogP contribution in [-0.2, 0) is 18.4 Å². The number of anilines is 1. The van der Waals surface area contributed by atoms with E-state index in [1.807, 2.05) is 30.4 Å². The maximum absolute atomic E-state index is 12.5. The Balaban J connectivity index is 0.00000300. The molecule has 3 heterocycles. The fourth-order valence-electron chi connectivity index (χ4n) is 3.26. The second-order valence-corrected chi connectivity index (χ2v) is 6.75. The summed E-state index contributed by atoms with van der Waals surface area (Å²) in [5.74, 6) is 0.765. The lowest BCUT2D eigenvalue weighted by molar-refractivity contribution is -0.120. The molecule has 0 saturated carbocycles. The van der Waals surface area contributed by atoms with Gasteiger partial charge < -0.3 is 19.7 Å². The number of amides is 1. The highest BCUT2D eigenvalue weighted by Gasteiger charge is 2.27. The SMILES string of the molecule is CN=C(NCCCCn1ccccc1=O)N1CCN(c2cnn(C)c2)C(=O)C1.I. The summed E-state index contributed by atoms with van der Waals surface area (Å²) in [5.41, 5.74) is 0.850. The summed E-state index contributed by atoms with van der Waals surface area (Å²) in [7, 11) is 3.56. The molecule has 2 aromatic rings. The molecule has 10 heteroatoms. The Labute approximate surface area is 187 Å². The van der Waals surface area contributed by atoms with E-state index in [0.29, 0.717) is 19.6 Å². The van der Waals surface area contributed by atoms with Crippen LogP contribution in [-0.4, -0.2) is 64.3 Å². The molecule has 1 aliphatic rings. The first-order valence-corrected chi connectivity index (χ1v) is 9.48. The molecule has 29 heavy (non-hydrogen) atoms. The van der Waals surface area contributed by atoms with Gasteiger partial charge in [-0.3, -0.25) is 19.3 Å². The van der Waals surface area contributed by atoms with E-state index in [1.165, 1.54) is 0 Å². The maximum Gasteiger partial charge on any atom is 0.250 e. The fraction of sp³-hybridized carbons (Fsp3) is 0.474. The monoisotopic (exact) mass is 513 g/mol. The van der Waals surface area contributed by atoms with Gasteiger partial charge in [0.1, 0.15) is 6.54 Å². The van der Waals surface area contributed by atoms with Crippen LogP contribution in [0.1, 0.15) is 12.8 Å². The first kappa shape index (κ1) is 22.9. The van der Waals surface area contributed by atoms with Crippen molar-refractivity contribution in [2.45, 2.75) is 19.4 Å². The van der Waals surface area contributed by atoms with Gasteiger partial charge in [-0.15, -0.1) is 24.0 Å². The van der Waals surface area contributed by atoms with Gasteiger partial charge in [0, 0.05) is 58.7 Å². The molecule has 158 valence electrons. The van der Waals surface area contributed by atoms with Gasteiger partial charge in [0.05, 0.1) is 11.9 Å². The zero-order chi connectivity index (χ0) is 19.9. The number of carbonyl (C=O) groups excluding carboxylic acids is 1. The molecule has 1 saturated heterocycles. The van der Waals surface area contributed by atoms with Crippen molar-refractivity contribution in [3.8, 4) is 0 Å². The van der Waals surface area contributed by atoms with Crippen LogP contribution in [0.4, 0.5) is 5.69 Å². The largest absolute Gasteiger partial charge is 0.356 e. The second kappa shape index (κ2) is 11.0. The first-order chi connectivity index (χ1) is 13.6. The Kier molecular flexibility index (Phi) is 8.68. The molecule has 0 atom stereocenters. The van der Waals surface area contributed by atoms with Crippen LogP contribution in [0.15, 0.2) is 46.6 Å². The number of nitrogens with zero attached hydrogens (tertiary/aromatic N) is 6. The third kappa shape index (κ3) is 6.05. The Morgan fingerprint density at radius 3 is 2.72 bits per heavy atom. The Morgan fingerprint density at radius 1 is 1.24 bits per heavy atom. The lowest BCUT2D eigenvalue weighted by Gasteiger charge is -2.35. The number of carbonyl (C=O) groups is 1. The molecule has 9 nitrogen and oxygen atoms in total. The number of guanidine groups is 1. The van der Waals surface area contributed by atoms with Crippen molar-refractivity contribution in [1.29, 1.82) is 0 Å². The lowest BCUT2D eigenvalue weighted by atomic mass is 10.3. The second-order valence-electron chi connectivity index (χ2n) is 6.75. The maximum atomic E-state index is 12.5. The summed E-state index contributed by atoms with van der Waals surface area (Å²) in [6.45, 7) is 3.03. The van der Waals surface area contributed by atoms with Crippen molar-refractivity contribution < 1.29 is 4.79 Å². The number of aromatic nitrogens is 3. The van der Waals surface area contributed by atoms with Gasteiger partial charge in [-0.2, -0.15) is 5.10 Å². The minimum Gasteiger partial charge on any atom is -0.356 e. The highest BCUT2D eigenvalue weighted by atomic mass is 127. The highest BCUT2D eigenvalue weighted by molar-refractivity contribution is 14.0. The average Bonchev–Trinajstić information content (AvgIpc) is 3.12. The number of piperazine rings is 1. The van der Waals surface area contributed by atoms with E-state index in [2.05, 4.69) is 15.4 Å². The average molecular weight is 513 g/mol. The number of hydrogen-bond donors (Lipinski definition) is 1. The zero-order valence-corrected chi connectivity index (χ0v) is 19.2. The minimum absolute atomic E-state index is 0. The number of halogens is 1. The van der Waals surface area contributed by atoms with Crippen LogP contribution in [0, 0.1) is 0 Å². The number of aliphatic imine (C=N–C) groups is 1. The normalized spacial score (nSPS) is 14.7.